The minimum atomic E-state index is -0.863. The number of anilines is 1. The minimum absolute atomic E-state index is 0.178. The molecule has 4 nitrogen and oxygen atoms in total. The van der Waals surface area contributed by atoms with Crippen molar-refractivity contribution in [2.24, 2.45) is 0 Å². The molecule has 1 unspecified atom stereocenters. The van der Waals surface area contributed by atoms with Crippen molar-refractivity contribution in [1.29, 1.82) is 0 Å². The summed E-state index contributed by atoms with van der Waals surface area (Å²) in [6.45, 7) is 0.592. The number of fused-ring (bicyclic) bond motifs is 1. The number of hydrogen-bond donors (Lipinski definition) is 1. The van der Waals surface area contributed by atoms with Gasteiger partial charge in [-0.2, -0.15) is 0 Å². The van der Waals surface area contributed by atoms with Crippen LogP contribution in [0.15, 0.2) is 78.9 Å². The van der Waals surface area contributed by atoms with Gasteiger partial charge in [0.05, 0.1) is 0 Å². The van der Waals surface area contributed by atoms with E-state index in [4.69, 9.17) is 0 Å². The molecular formula is C24H21FN2O2. The fourth-order valence-corrected chi connectivity index (χ4v) is 3.70. The van der Waals surface area contributed by atoms with Crippen LogP contribution in [0.1, 0.15) is 33.9 Å². The number of nitrogens with one attached hydrogen (secondary N) is 1. The summed E-state index contributed by atoms with van der Waals surface area (Å²) in [7, 11) is 0. The largest absolute Gasteiger partial charge is 0.336 e. The Morgan fingerprint density at radius 1 is 0.931 bits per heavy atom. The number of rotatable bonds is 4. The lowest BCUT2D eigenvalue weighted by atomic mass is 9.99. The summed E-state index contributed by atoms with van der Waals surface area (Å²) < 4.78 is 13.5. The van der Waals surface area contributed by atoms with Gasteiger partial charge in [-0.1, -0.05) is 54.6 Å². The second-order valence-electron chi connectivity index (χ2n) is 7.05. The Morgan fingerprint density at radius 3 is 2.48 bits per heavy atom. The number of benzene rings is 3. The van der Waals surface area contributed by atoms with Crippen molar-refractivity contribution in [3.8, 4) is 0 Å². The maximum atomic E-state index is 13.5. The molecule has 29 heavy (non-hydrogen) atoms. The first-order valence-corrected chi connectivity index (χ1v) is 9.64. The highest BCUT2D eigenvalue weighted by Gasteiger charge is 2.31. The van der Waals surface area contributed by atoms with Crippen molar-refractivity contribution in [1.82, 2.24) is 5.32 Å². The third-order valence-electron chi connectivity index (χ3n) is 5.12. The van der Waals surface area contributed by atoms with Crippen LogP contribution in [0.2, 0.25) is 0 Å². The molecule has 3 aromatic rings. The molecule has 1 aliphatic heterocycles. The second kappa shape index (κ2) is 8.27. The molecule has 1 heterocycles. The van der Waals surface area contributed by atoms with Gasteiger partial charge in [0.1, 0.15) is 11.9 Å². The Hall–Kier alpha value is -3.47. The summed E-state index contributed by atoms with van der Waals surface area (Å²) >= 11 is 0. The summed E-state index contributed by atoms with van der Waals surface area (Å²) in [6.07, 6.45) is 1.79. The lowest BCUT2D eigenvalue weighted by Gasteiger charge is -2.32. The molecule has 0 bridgehead atoms. The smallest absolute Gasteiger partial charge is 0.254 e. The molecule has 5 heteroatoms. The summed E-state index contributed by atoms with van der Waals surface area (Å²) in [5, 5.41) is 2.81. The number of hydrogen-bond acceptors (Lipinski definition) is 2. The zero-order valence-corrected chi connectivity index (χ0v) is 15.8. The van der Waals surface area contributed by atoms with Gasteiger partial charge in [-0.15, -0.1) is 0 Å². The van der Waals surface area contributed by atoms with Crippen LogP contribution < -0.4 is 10.2 Å². The molecule has 0 aliphatic carbocycles. The Balaban J connectivity index is 1.67. The number of halogens is 1. The molecule has 146 valence electrons. The SMILES string of the molecule is O=C(NC(C(=O)N1CCCc2ccccc21)c1ccccc1)c1cccc(F)c1. The Morgan fingerprint density at radius 2 is 1.69 bits per heavy atom. The van der Waals surface area contributed by atoms with Crippen LogP contribution in [0, 0.1) is 5.82 Å². The number of carbonyl (C=O) groups excluding carboxylic acids is 2. The molecule has 0 saturated heterocycles. The Kier molecular flexibility index (Phi) is 5.38. The van der Waals surface area contributed by atoms with Crippen LogP contribution in [0.4, 0.5) is 10.1 Å². The molecule has 1 aliphatic rings. The van der Waals surface area contributed by atoms with Crippen molar-refractivity contribution < 1.29 is 14.0 Å². The van der Waals surface area contributed by atoms with Crippen LogP contribution in [0.25, 0.3) is 0 Å². The molecule has 0 spiro atoms. The fraction of sp³-hybridized carbons (Fsp3) is 0.167. The molecular weight excluding hydrogens is 367 g/mol. The molecule has 3 aromatic carbocycles. The van der Waals surface area contributed by atoms with Gasteiger partial charge in [0.2, 0.25) is 0 Å². The Bertz CT molecular complexity index is 1040. The molecule has 1 atom stereocenters. The van der Waals surface area contributed by atoms with Gasteiger partial charge >= 0.3 is 0 Å². The van der Waals surface area contributed by atoms with Gasteiger partial charge in [0.15, 0.2) is 0 Å². The van der Waals surface area contributed by atoms with E-state index in [1.54, 1.807) is 4.90 Å². The highest BCUT2D eigenvalue weighted by Crippen LogP contribution is 2.29. The molecule has 0 fully saturated rings. The zero-order valence-electron chi connectivity index (χ0n) is 15.8. The lowest BCUT2D eigenvalue weighted by Crippen LogP contribution is -2.45. The van der Waals surface area contributed by atoms with Crippen LogP contribution in [-0.2, 0) is 11.2 Å². The number of aryl methyl sites for hydroxylation is 1. The maximum Gasteiger partial charge on any atom is 0.254 e. The van der Waals surface area contributed by atoms with Crippen molar-refractivity contribution in [3.63, 3.8) is 0 Å². The number of para-hydroxylation sites is 1. The second-order valence-corrected chi connectivity index (χ2v) is 7.05. The van der Waals surface area contributed by atoms with Crippen molar-refractivity contribution in [3.05, 3.63) is 101 Å². The van der Waals surface area contributed by atoms with E-state index in [1.165, 1.54) is 18.2 Å². The lowest BCUT2D eigenvalue weighted by molar-refractivity contribution is -0.120. The van der Waals surface area contributed by atoms with E-state index in [2.05, 4.69) is 5.32 Å². The van der Waals surface area contributed by atoms with E-state index in [1.807, 2.05) is 54.6 Å². The van der Waals surface area contributed by atoms with Gasteiger partial charge in [-0.3, -0.25) is 9.59 Å². The normalized spacial score (nSPS) is 14.0. The number of nitrogens with zero attached hydrogens (tertiary/aromatic N) is 1. The summed E-state index contributed by atoms with van der Waals surface area (Å²) in [6, 6.07) is 21.6. The van der Waals surface area contributed by atoms with Gasteiger partial charge in [-0.05, 0) is 48.2 Å². The predicted octanol–water partition coefficient (Wildman–Crippen LogP) is 4.28. The Labute approximate surface area is 169 Å². The highest BCUT2D eigenvalue weighted by atomic mass is 19.1. The molecule has 2 amide bonds. The summed E-state index contributed by atoms with van der Waals surface area (Å²) in [5.74, 6) is -1.18. The van der Waals surface area contributed by atoms with Crippen LogP contribution in [-0.4, -0.2) is 18.4 Å². The summed E-state index contributed by atoms with van der Waals surface area (Å²) in [4.78, 5) is 28.0. The highest BCUT2D eigenvalue weighted by molar-refractivity contribution is 6.03. The average molecular weight is 388 g/mol. The number of carbonyl (C=O) groups is 2. The first kappa shape index (κ1) is 18.9. The predicted molar refractivity (Wildman–Crippen MR) is 110 cm³/mol. The van der Waals surface area contributed by atoms with Crippen molar-refractivity contribution in [2.45, 2.75) is 18.9 Å². The zero-order chi connectivity index (χ0) is 20.2. The van der Waals surface area contributed by atoms with E-state index in [0.717, 1.165) is 30.2 Å². The van der Waals surface area contributed by atoms with E-state index in [0.29, 0.717) is 12.1 Å². The van der Waals surface area contributed by atoms with E-state index < -0.39 is 17.8 Å². The third-order valence-corrected chi connectivity index (χ3v) is 5.12. The first-order valence-electron chi connectivity index (χ1n) is 9.64. The molecule has 0 saturated carbocycles. The fourth-order valence-electron chi connectivity index (χ4n) is 3.70. The van der Waals surface area contributed by atoms with Gasteiger partial charge in [0.25, 0.3) is 11.8 Å². The van der Waals surface area contributed by atoms with Crippen LogP contribution in [0.5, 0.6) is 0 Å². The van der Waals surface area contributed by atoms with E-state index in [-0.39, 0.29) is 11.5 Å². The monoisotopic (exact) mass is 388 g/mol. The van der Waals surface area contributed by atoms with E-state index >= 15 is 0 Å². The minimum Gasteiger partial charge on any atom is -0.336 e. The average Bonchev–Trinajstić information content (AvgIpc) is 2.77. The van der Waals surface area contributed by atoms with Crippen molar-refractivity contribution >= 4 is 17.5 Å². The topological polar surface area (TPSA) is 49.4 Å². The van der Waals surface area contributed by atoms with Crippen molar-refractivity contribution in [2.75, 3.05) is 11.4 Å². The van der Waals surface area contributed by atoms with Crippen LogP contribution >= 0.6 is 0 Å². The van der Waals surface area contributed by atoms with Gasteiger partial charge < -0.3 is 10.2 Å². The van der Waals surface area contributed by atoms with E-state index in [9.17, 15) is 14.0 Å². The first-order chi connectivity index (χ1) is 14.1. The van der Waals surface area contributed by atoms with Crippen LogP contribution in [0.3, 0.4) is 0 Å². The van der Waals surface area contributed by atoms with Gasteiger partial charge in [0, 0.05) is 17.8 Å². The maximum absolute atomic E-state index is 13.5. The standard InChI is InChI=1S/C24H21FN2O2/c25-20-13-6-11-19(16-20)23(28)26-22(18-9-2-1-3-10-18)24(29)27-15-7-12-17-8-4-5-14-21(17)27/h1-6,8-11,13-14,16,22H,7,12,15H2,(H,26,28). The quantitative estimate of drug-likeness (QED) is 0.725. The molecule has 0 aromatic heterocycles. The van der Waals surface area contributed by atoms with Gasteiger partial charge in [-0.25, -0.2) is 4.39 Å². The molecule has 0 radical (unpaired) electrons. The molecule has 4 rings (SSSR count). The molecule has 1 N–H and O–H groups in total. The number of amides is 2. The summed E-state index contributed by atoms with van der Waals surface area (Å²) in [5.41, 5.74) is 2.86. The third kappa shape index (κ3) is 4.04.